The van der Waals surface area contributed by atoms with Crippen molar-refractivity contribution in [2.24, 2.45) is 7.05 Å². The Labute approximate surface area is 207 Å². The van der Waals surface area contributed by atoms with Crippen molar-refractivity contribution in [1.82, 2.24) is 14.7 Å². The second-order valence-corrected chi connectivity index (χ2v) is 8.79. The highest BCUT2D eigenvalue weighted by Crippen LogP contribution is 2.19. The zero-order valence-corrected chi connectivity index (χ0v) is 20.3. The van der Waals surface area contributed by atoms with Crippen molar-refractivity contribution in [3.63, 3.8) is 0 Å². The van der Waals surface area contributed by atoms with Crippen LogP contribution < -0.4 is 0 Å². The van der Waals surface area contributed by atoms with Crippen LogP contribution in [0.1, 0.15) is 42.5 Å². The molecular weight excluding hydrogens is 477 g/mol. The van der Waals surface area contributed by atoms with E-state index in [1.54, 1.807) is 0 Å². The Kier molecular flexibility index (Phi) is 10.5. The topological polar surface area (TPSA) is 162 Å². The number of ether oxygens (including phenoxy) is 1. The van der Waals surface area contributed by atoms with Crippen LogP contribution in [0.3, 0.4) is 0 Å². The minimum Gasteiger partial charge on any atom is -0.481 e. The fourth-order valence-corrected chi connectivity index (χ4v) is 3.76. The van der Waals surface area contributed by atoms with Gasteiger partial charge in [0.05, 0.1) is 25.1 Å². The number of carbonyl (C=O) groups is 3. The lowest BCUT2D eigenvalue weighted by Crippen LogP contribution is -2.42. The van der Waals surface area contributed by atoms with Gasteiger partial charge in [0.2, 0.25) is 0 Å². The highest BCUT2D eigenvalue weighted by molar-refractivity contribution is 5.88. The molecule has 1 atom stereocenters. The van der Waals surface area contributed by atoms with E-state index in [1.807, 2.05) is 30.1 Å². The van der Waals surface area contributed by atoms with E-state index in [1.165, 1.54) is 23.4 Å². The summed E-state index contributed by atoms with van der Waals surface area (Å²) in [5.74, 6) is -5.21. The van der Waals surface area contributed by atoms with Crippen molar-refractivity contribution < 1.29 is 43.9 Å². The summed E-state index contributed by atoms with van der Waals surface area (Å²) >= 11 is 0. The number of rotatable bonds is 11. The number of nitrogens with zero attached hydrogens (tertiary/aromatic N) is 3. The molecule has 4 N–H and O–H groups in total. The molecule has 0 saturated carbocycles. The van der Waals surface area contributed by atoms with Crippen LogP contribution >= 0.6 is 0 Å². The summed E-state index contributed by atoms with van der Waals surface area (Å²) in [7, 11) is 1.96. The van der Waals surface area contributed by atoms with E-state index in [9.17, 15) is 18.8 Å². The Bertz CT molecular complexity index is 1020. The number of hydrogen-bond acceptors (Lipinski definition) is 7. The molecule has 36 heavy (non-hydrogen) atoms. The maximum Gasteiger partial charge on any atom is 0.336 e. The van der Waals surface area contributed by atoms with Crippen molar-refractivity contribution in [2.45, 2.75) is 57.4 Å². The van der Waals surface area contributed by atoms with Crippen LogP contribution in [0.25, 0.3) is 0 Å². The lowest BCUT2D eigenvalue weighted by Gasteiger charge is -2.25. The zero-order valence-electron chi connectivity index (χ0n) is 20.3. The summed E-state index contributed by atoms with van der Waals surface area (Å²) in [6.45, 7) is 5.46. The van der Waals surface area contributed by atoms with Gasteiger partial charge in [0.25, 0.3) is 0 Å². The van der Waals surface area contributed by atoms with E-state index in [2.05, 4.69) is 16.9 Å². The molecule has 0 aliphatic carbocycles. The van der Waals surface area contributed by atoms with Gasteiger partial charge >= 0.3 is 17.9 Å². The van der Waals surface area contributed by atoms with Crippen molar-refractivity contribution in [3.8, 4) is 0 Å². The number of benzene rings is 1. The molecule has 1 aromatic heterocycles. The first-order valence-electron chi connectivity index (χ1n) is 11.3. The number of aliphatic carboxylic acids is 3. The first kappa shape index (κ1) is 28.9. The second kappa shape index (κ2) is 13.1. The molecule has 0 spiro atoms. The monoisotopic (exact) mass is 509 g/mol. The SMILES string of the molecule is Cc1c(CN(Cc2ccc(F)cc2)CC2CCCO2)cnn1C.O=C(O)CC(O)(CC(=O)O)C(=O)O. The van der Waals surface area contributed by atoms with Crippen LogP contribution in [0.2, 0.25) is 0 Å². The van der Waals surface area contributed by atoms with Crippen LogP contribution in [0, 0.1) is 12.7 Å². The van der Waals surface area contributed by atoms with Gasteiger partial charge in [-0.1, -0.05) is 12.1 Å². The minimum absolute atomic E-state index is 0.192. The van der Waals surface area contributed by atoms with Gasteiger partial charge in [-0.2, -0.15) is 5.10 Å². The van der Waals surface area contributed by atoms with E-state index in [0.717, 1.165) is 44.6 Å². The number of aromatic nitrogens is 2. The van der Waals surface area contributed by atoms with E-state index in [-0.39, 0.29) is 5.82 Å². The molecule has 11 nitrogen and oxygen atoms in total. The van der Waals surface area contributed by atoms with Crippen LogP contribution in [0.15, 0.2) is 30.5 Å². The maximum absolute atomic E-state index is 13.1. The van der Waals surface area contributed by atoms with Crippen LogP contribution in [0.5, 0.6) is 0 Å². The van der Waals surface area contributed by atoms with Gasteiger partial charge in [-0.3, -0.25) is 19.2 Å². The maximum atomic E-state index is 13.1. The number of halogens is 1. The van der Waals surface area contributed by atoms with Gasteiger partial charge in [0.15, 0.2) is 5.60 Å². The summed E-state index contributed by atoms with van der Waals surface area (Å²) in [6, 6.07) is 6.76. The molecule has 0 amide bonds. The number of aliphatic hydroxyl groups is 1. The van der Waals surface area contributed by atoms with Crippen LogP contribution in [-0.4, -0.2) is 77.9 Å². The average molecular weight is 510 g/mol. The molecule has 1 unspecified atom stereocenters. The van der Waals surface area contributed by atoms with Gasteiger partial charge in [0, 0.05) is 44.5 Å². The van der Waals surface area contributed by atoms with Crippen molar-refractivity contribution in [3.05, 3.63) is 53.1 Å². The molecule has 2 aromatic rings. The summed E-state index contributed by atoms with van der Waals surface area (Å²) < 4.78 is 20.8. The van der Waals surface area contributed by atoms with Gasteiger partial charge < -0.3 is 25.2 Å². The number of hydrogen-bond donors (Lipinski definition) is 4. The first-order valence-corrected chi connectivity index (χ1v) is 11.3. The molecule has 0 bridgehead atoms. The third-order valence-electron chi connectivity index (χ3n) is 5.82. The summed E-state index contributed by atoms with van der Waals surface area (Å²) in [4.78, 5) is 32.9. The van der Waals surface area contributed by atoms with Crippen molar-refractivity contribution in [1.29, 1.82) is 0 Å². The predicted octanol–water partition coefficient (Wildman–Crippen LogP) is 1.80. The fourth-order valence-electron chi connectivity index (χ4n) is 3.76. The second-order valence-electron chi connectivity index (χ2n) is 8.79. The van der Waals surface area contributed by atoms with Gasteiger partial charge in [-0.05, 0) is 37.5 Å². The Morgan fingerprint density at radius 2 is 1.75 bits per heavy atom. The molecule has 1 aliphatic heterocycles. The van der Waals surface area contributed by atoms with Crippen molar-refractivity contribution >= 4 is 17.9 Å². The van der Waals surface area contributed by atoms with Gasteiger partial charge in [-0.15, -0.1) is 0 Å². The molecule has 2 heterocycles. The summed E-state index contributed by atoms with van der Waals surface area (Å²) in [6.07, 6.45) is 2.20. The van der Waals surface area contributed by atoms with Gasteiger partial charge in [-0.25, -0.2) is 9.18 Å². The summed E-state index contributed by atoms with van der Waals surface area (Å²) in [5, 5.41) is 38.1. The highest BCUT2D eigenvalue weighted by Gasteiger charge is 2.40. The van der Waals surface area contributed by atoms with E-state index in [0.29, 0.717) is 6.10 Å². The Morgan fingerprint density at radius 1 is 1.14 bits per heavy atom. The fraction of sp³-hybridized carbons (Fsp3) is 0.500. The molecule has 1 fully saturated rings. The zero-order chi connectivity index (χ0) is 26.9. The molecule has 3 rings (SSSR count). The Morgan fingerprint density at radius 3 is 2.19 bits per heavy atom. The number of carboxylic acid groups (broad SMARTS) is 3. The van der Waals surface area contributed by atoms with E-state index < -0.39 is 36.4 Å². The van der Waals surface area contributed by atoms with E-state index in [4.69, 9.17) is 25.2 Å². The minimum atomic E-state index is -2.74. The molecule has 1 aromatic carbocycles. The summed E-state index contributed by atoms with van der Waals surface area (Å²) in [5.41, 5.74) is 0.789. The predicted molar refractivity (Wildman–Crippen MR) is 125 cm³/mol. The lowest BCUT2D eigenvalue weighted by molar-refractivity contribution is -0.170. The third-order valence-corrected chi connectivity index (χ3v) is 5.82. The molecule has 0 radical (unpaired) electrons. The molecule has 1 aliphatic rings. The smallest absolute Gasteiger partial charge is 0.336 e. The molecule has 198 valence electrons. The first-order chi connectivity index (χ1) is 16.9. The third kappa shape index (κ3) is 9.02. The number of carboxylic acids is 3. The molecule has 12 heteroatoms. The highest BCUT2D eigenvalue weighted by atomic mass is 19.1. The van der Waals surface area contributed by atoms with Crippen LogP contribution in [0.4, 0.5) is 4.39 Å². The quantitative estimate of drug-likeness (QED) is 0.351. The van der Waals surface area contributed by atoms with Crippen molar-refractivity contribution in [2.75, 3.05) is 13.2 Å². The van der Waals surface area contributed by atoms with Gasteiger partial charge in [0.1, 0.15) is 5.82 Å². The Balaban J connectivity index is 0.000000302. The normalized spacial score (nSPS) is 15.4. The lowest BCUT2D eigenvalue weighted by atomic mass is 9.96. The standard InChI is InChI=1S/C18H24FN3O.C6H8O7/c1-14-16(10-20-21(14)2)12-22(13-18-4-3-9-23-18)11-15-5-7-17(19)8-6-15;7-3(8)1-6(13,5(11)12)2-4(9)10/h5-8,10,18H,3-4,9,11-13H2,1-2H3;13H,1-2H2,(H,7,8)(H,9,10)(H,11,12). The largest absolute Gasteiger partial charge is 0.481 e. The average Bonchev–Trinajstić information content (AvgIpc) is 3.40. The number of aryl methyl sites for hydroxylation is 1. The van der Waals surface area contributed by atoms with E-state index >= 15 is 0 Å². The molecular formula is C24H32FN3O8. The molecule has 1 saturated heterocycles. The Hall–Kier alpha value is -3.35. The van der Waals surface area contributed by atoms with Crippen LogP contribution in [-0.2, 0) is 39.3 Å².